The van der Waals surface area contributed by atoms with Crippen molar-refractivity contribution in [3.63, 3.8) is 0 Å². The van der Waals surface area contributed by atoms with E-state index >= 15 is 0 Å². The first kappa shape index (κ1) is 15.6. The number of aromatic nitrogens is 1. The van der Waals surface area contributed by atoms with Gasteiger partial charge in [-0.15, -0.1) is 0 Å². The van der Waals surface area contributed by atoms with Gasteiger partial charge in [-0.3, -0.25) is 4.98 Å². The van der Waals surface area contributed by atoms with E-state index in [1.165, 1.54) is 0 Å². The topological polar surface area (TPSA) is 61.3 Å². The Hall–Kier alpha value is -2.30. The number of pyridine rings is 1. The fraction of sp³-hybridized carbons (Fsp3) is 0.167. The summed E-state index contributed by atoms with van der Waals surface area (Å²) in [7, 11) is 1.59. The van der Waals surface area contributed by atoms with Crippen LogP contribution in [0, 0.1) is 0 Å². The average molecular weight is 329 g/mol. The largest absolute Gasteiger partial charge is 0.495 e. The van der Waals surface area contributed by atoms with Crippen molar-refractivity contribution in [3.05, 3.63) is 71.2 Å². The molecule has 0 bridgehead atoms. The molecule has 0 aliphatic carbocycles. The number of furan rings is 1. The highest BCUT2D eigenvalue weighted by molar-refractivity contribution is 6.32. The molecular weight excluding hydrogens is 312 g/mol. The number of halogens is 1. The molecule has 0 radical (unpaired) electrons. The molecule has 0 spiro atoms. The van der Waals surface area contributed by atoms with E-state index < -0.39 is 0 Å². The second-order valence-corrected chi connectivity index (χ2v) is 5.62. The molecule has 0 fully saturated rings. The van der Waals surface area contributed by atoms with Gasteiger partial charge in [0.05, 0.1) is 12.1 Å². The van der Waals surface area contributed by atoms with Gasteiger partial charge in [-0.2, -0.15) is 0 Å². The van der Waals surface area contributed by atoms with Crippen LogP contribution in [0.2, 0.25) is 5.02 Å². The fourth-order valence-electron chi connectivity index (χ4n) is 2.39. The molecule has 2 aromatic heterocycles. The second-order valence-electron chi connectivity index (χ2n) is 5.21. The van der Waals surface area contributed by atoms with Crippen molar-refractivity contribution in [1.82, 2.24) is 4.98 Å². The minimum absolute atomic E-state index is 0.151. The maximum Gasteiger partial charge on any atom is 0.137 e. The molecule has 118 valence electrons. The Balaban J connectivity index is 1.77. The van der Waals surface area contributed by atoms with Gasteiger partial charge < -0.3 is 14.9 Å². The van der Waals surface area contributed by atoms with E-state index in [0.29, 0.717) is 17.2 Å². The number of nitrogens with zero attached hydrogens (tertiary/aromatic N) is 1. The number of hydrogen-bond acceptors (Lipinski definition) is 4. The van der Waals surface area contributed by atoms with Crippen molar-refractivity contribution in [2.75, 3.05) is 7.11 Å². The summed E-state index contributed by atoms with van der Waals surface area (Å²) < 4.78 is 11.0. The van der Waals surface area contributed by atoms with Gasteiger partial charge in [0, 0.05) is 30.4 Å². The molecular formula is C18H17ClN2O2. The Bertz CT molecular complexity index is 787. The summed E-state index contributed by atoms with van der Waals surface area (Å²) in [5.74, 6) is 2.21. The van der Waals surface area contributed by atoms with E-state index in [9.17, 15) is 0 Å². The second kappa shape index (κ2) is 6.86. The van der Waals surface area contributed by atoms with Crippen LogP contribution in [0.5, 0.6) is 5.75 Å². The van der Waals surface area contributed by atoms with Crippen LogP contribution >= 0.6 is 11.6 Å². The van der Waals surface area contributed by atoms with Crippen LogP contribution in [0.1, 0.15) is 17.4 Å². The molecule has 1 aromatic carbocycles. The summed E-state index contributed by atoms with van der Waals surface area (Å²) in [5.41, 5.74) is 8.08. The number of nitrogens with two attached hydrogens (primary N) is 1. The zero-order chi connectivity index (χ0) is 16.2. The fourth-order valence-corrected chi connectivity index (χ4v) is 2.65. The highest BCUT2D eigenvalue weighted by Gasteiger charge is 2.12. The number of methoxy groups -OCH3 is 1. The molecule has 0 saturated heterocycles. The minimum Gasteiger partial charge on any atom is -0.495 e. The van der Waals surface area contributed by atoms with Gasteiger partial charge in [0.1, 0.15) is 17.3 Å². The zero-order valence-corrected chi connectivity index (χ0v) is 13.5. The Morgan fingerprint density at radius 3 is 2.83 bits per heavy atom. The van der Waals surface area contributed by atoms with E-state index in [1.54, 1.807) is 19.5 Å². The first-order valence-corrected chi connectivity index (χ1v) is 7.63. The SMILES string of the molecule is COc1ccc(-c2ccc(CC(N)c3cccnc3)o2)cc1Cl. The predicted molar refractivity (Wildman–Crippen MR) is 90.6 cm³/mol. The van der Waals surface area contributed by atoms with Crippen LogP contribution in [-0.4, -0.2) is 12.1 Å². The summed E-state index contributed by atoms with van der Waals surface area (Å²) >= 11 is 6.16. The van der Waals surface area contributed by atoms with E-state index in [4.69, 9.17) is 26.5 Å². The molecule has 0 amide bonds. The van der Waals surface area contributed by atoms with E-state index in [0.717, 1.165) is 22.6 Å². The first-order chi connectivity index (χ1) is 11.2. The Morgan fingerprint density at radius 1 is 1.26 bits per heavy atom. The Kier molecular flexibility index (Phi) is 4.65. The Labute approximate surface area is 139 Å². The summed E-state index contributed by atoms with van der Waals surface area (Å²) in [6.45, 7) is 0. The van der Waals surface area contributed by atoms with Crippen molar-refractivity contribution in [3.8, 4) is 17.1 Å². The number of rotatable bonds is 5. The maximum absolute atomic E-state index is 6.20. The van der Waals surface area contributed by atoms with Crippen LogP contribution < -0.4 is 10.5 Å². The lowest BCUT2D eigenvalue weighted by atomic mass is 10.1. The lowest BCUT2D eigenvalue weighted by Crippen LogP contribution is -2.13. The summed E-state index contributed by atoms with van der Waals surface area (Å²) in [5, 5.41) is 0.551. The minimum atomic E-state index is -0.151. The molecule has 2 N–H and O–H groups in total. The average Bonchev–Trinajstić information content (AvgIpc) is 3.04. The predicted octanol–water partition coefficient (Wildman–Crippen LogP) is 4.25. The standard InChI is InChI=1S/C18H17ClN2O2/c1-22-18-6-4-12(9-15(18)19)17-7-5-14(23-17)10-16(20)13-3-2-8-21-11-13/h2-9,11,16H,10,20H2,1H3. The van der Waals surface area contributed by atoms with Crippen molar-refractivity contribution in [2.24, 2.45) is 5.73 Å². The van der Waals surface area contributed by atoms with E-state index in [-0.39, 0.29) is 6.04 Å². The summed E-state index contributed by atoms with van der Waals surface area (Å²) in [4.78, 5) is 4.09. The molecule has 0 aliphatic heterocycles. The normalized spacial score (nSPS) is 12.1. The van der Waals surface area contributed by atoms with Crippen molar-refractivity contribution in [2.45, 2.75) is 12.5 Å². The third-order valence-electron chi connectivity index (χ3n) is 3.63. The molecule has 23 heavy (non-hydrogen) atoms. The van der Waals surface area contributed by atoms with E-state index in [2.05, 4.69) is 4.98 Å². The lowest BCUT2D eigenvalue weighted by molar-refractivity contribution is 0.415. The van der Waals surface area contributed by atoms with Gasteiger partial charge in [-0.05, 0) is 42.0 Å². The third kappa shape index (κ3) is 3.55. The molecule has 1 atom stereocenters. The number of ether oxygens (including phenoxy) is 1. The highest BCUT2D eigenvalue weighted by atomic mass is 35.5. The van der Waals surface area contributed by atoms with Gasteiger partial charge in [0.2, 0.25) is 0 Å². The van der Waals surface area contributed by atoms with Crippen LogP contribution in [-0.2, 0) is 6.42 Å². The van der Waals surface area contributed by atoms with Gasteiger partial charge in [-0.1, -0.05) is 17.7 Å². The molecule has 5 heteroatoms. The number of benzene rings is 1. The lowest BCUT2D eigenvalue weighted by Gasteiger charge is -2.09. The van der Waals surface area contributed by atoms with Crippen molar-refractivity contribution < 1.29 is 9.15 Å². The van der Waals surface area contributed by atoms with Crippen LogP contribution in [0.4, 0.5) is 0 Å². The summed E-state index contributed by atoms with van der Waals surface area (Å²) in [6.07, 6.45) is 4.11. The van der Waals surface area contributed by atoms with Crippen LogP contribution in [0.3, 0.4) is 0 Å². The smallest absolute Gasteiger partial charge is 0.137 e. The molecule has 2 heterocycles. The zero-order valence-electron chi connectivity index (χ0n) is 12.7. The van der Waals surface area contributed by atoms with Crippen molar-refractivity contribution >= 4 is 11.6 Å². The first-order valence-electron chi connectivity index (χ1n) is 7.25. The van der Waals surface area contributed by atoms with Crippen LogP contribution in [0.25, 0.3) is 11.3 Å². The molecule has 0 saturated carbocycles. The monoisotopic (exact) mass is 328 g/mol. The third-order valence-corrected chi connectivity index (χ3v) is 3.93. The summed E-state index contributed by atoms with van der Waals surface area (Å²) in [6, 6.07) is 13.1. The van der Waals surface area contributed by atoms with Crippen molar-refractivity contribution in [1.29, 1.82) is 0 Å². The molecule has 1 unspecified atom stereocenters. The van der Waals surface area contributed by atoms with Gasteiger partial charge in [0.25, 0.3) is 0 Å². The molecule has 4 nitrogen and oxygen atoms in total. The molecule has 0 aliphatic rings. The van der Waals surface area contributed by atoms with Crippen LogP contribution in [0.15, 0.2) is 59.3 Å². The highest BCUT2D eigenvalue weighted by Crippen LogP contribution is 2.31. The molecule has 3 aromatic rings. The number of hydrogen-bond donors (Lipinski definition) is 1. The van der Waals surface area contributed by atoms with E-state index in [1.807, 2.05) is 42.5 Å². The quantitative estimate of drug-likeness (QED) is 0.760. The Morgan fingerprint density at radius 2 is 2.13 bits per heavy atom. The molecule has 3 rings (SSSR count). The maximum atomic E-state index is 6.20. The van der Waals surface area contributed by atoms with Gasteiger partial charge in [-0.25, -0.2) is 0 Å². The van der Waals surface area contributed by atoms with Gasteiger partial charge in [0.15, 0.2) is 0 Å². The van der Waals surface area contributed by atoms with Gasteiger partial charge >= 0.3 is 0 Å².